The van der Waals surface area contributed by atoms with Gasteiger partial charge >= 0.3 is 5.97 Å². The highest BCUT2D eigenvalue weighted by molar-refractivity contribution is 7.98. The van der Waals surface area contributed by atoms with E-state index in [1.54, 1.807) is 31.8 Å². The van der Waals surface area contributed by atoms with E-state index in [1.807, 2.05) is 60.9 Å². The van der Waals surface area contributed by atoms with Crippen molar-refractivity contribution >= 4 is 46.4 Å². The number of amides is 3. The number of hydrogen-bond acceptors (Lipinski definition) is 6. The number of benzene rings is 2. The predicted molar refractivity (Wildman–Crippen MR) is 161 cm³/mol. The van der Waals surface area contributed by atoms with Crippen molar-refractivity contribution in [1.29, 1.82) is 0 Å². The van der Waals surface area contributed by atoms with E-state index in [-0.39, 0.29) is 18.8 Å². The van der Waals surface area contributed by atoms with Crippen LogP contribution in [0, 0.1) is 5.92 Å². The van der Waals surface area contributed by atoms with Gasteiger partial charge in [-0.1, -0.05) is 62.4 Å². The van der Waals surface area contributed by atoms with Crippen molar-refractivity contribution < 1.29 is 24.3 Å². The quantitative estimate of drug-likeness (QED) is 0.160. The van der Waals surface area contributed by atoms with E-state index in [1.165, 1.54) is 0 Å². The van der Waals surface area contributed by atoms with Gasteiger partial charge in [-0.3, -0.25) is 14.4 Å². The first-order valence-corrected chi connectivity index (χ1v) is 15.0. The average Bonchev–Trinajstić information content (AvgIpc) is 3.36. The van der Waals surface area contributed by atoms with E-state index >= 15 is 0 Å². The third-order valence-corrected chi connectivity index (χ3v) is 7.49. The number of aromatic amines is 1. The number of aromatic nitrogens is 1. The van der Waals surface area contributed by atoms with Crippen molar-refractivity contribution in [2.24, 2.45) is 11.7 Å². The second-order valence-corrected chi connectivity index (χ2v) is 11.3. The fourth-order valence-corrected chi connectivity index (χ4v) is 4.97. The molecule has 0 saturated carbocycles. The van der Waals surface area contributed by atoms with Crippen LogP contribution in [-0.4, -0.2) is 70.0 Å². The van der Waals surface area contributed by atoms with Crippen LogP contribution in [0.25, 0.3) is 10.9 Å². The molecule has 0 fully saturated rings. The molecule has 0 aliphatic rings. The molecule has 3 rings (SSSR count). The summed E-state index contributed by atoms with van der Waals surface area (Å²) >= 11 is 1.57. The van der Waals surface area contributed by atoms with Crippen molar-refractivity contribution in [2.45, 2.75) is 57.3 Å². The number of para-hydroxylation sites is 1. The lowest BCUT2D eigenvalue weighted by Gasteiger charge is -2.26. The van der Waals surface area contributed by atoms with Crippen LogP contribution >= 0.6 is 11.8 Å². The van der Waals surface area contributed by atoms with Gasteiger partial charge in [0.1, 0.15) is 18.1 Å². The number of carbonyl (C=O) groups excluding carboxylic acids is 3. The lowest BCUT2D eigenvalue weighted by molar-refractivity contribution is -0.143. The molecule has 0 spiro atoms. The van der Waals surface area contributed by atoms with Crippen molar-refractivity contribution in [3.05, 3.63) is 71.9 Å². The Labute approximate surface area is 244 Å². The first-order chi connectivity index (χ1) is 19.6. The van der Waals surface area contributed by atoms with Crippen LogP contribution in [-0.2, 0) is 32.0 Å². The molecule has 0 aliphatic heterocycles. The van der Waals surface area contributed by atoms with Crippen molar-refractivity contribution in [2.75, 3.05) is 12.0 Å². The molecule has 7 N–H and O–H groups in total. The normalized spacial score (nSPS) is 14.2. The number of nitrogens with one attached hydrogen (secondary N) is 4. The van der Waals surface area contributed by atoms with Crippen molar-refractivity contribution in [3.8, 4) is 0 Å². The maximum absolute atomic E-state index is 13.7. The van der Waals surface area contributed by atoms with E-state index in [4.69, 9.17) is 5.73 Å². The second kappa shape index (κ2) is 15.2. The molecule has 220 valence electrons. The number of hydrogen-bond donors (Lipinski definition) is 6. The minimum Gasteiger partial charge on any atom is -0.480 e. The van der Waals surface area contributed by atoms with Gasteiger partial charge in [-0.05, 0) is 41.5 Å². The van der Waals surface area contributed by atoms with Gasteiger partial charge in [0.2, 0.25) is 17.7 Å². The minimum atomic E-state index is -1.17. The van der Waals surface area contributed by atoms with Crippen LogP contribution in [0.2, 0.25) is 0 Å². The summed E-state index contributed by atoms with van der Waals surface area (Å²) in [5, 5.41) is 18.7. The number of H-pyrrole nitrogens is 1. The molecule has 0 radical (unpaired) electrons. The van der Waals surface area contributed by atoms with E-state index in [0.717, 1.165) is 22.0 Å². The third kappa shape index (κ3) is 9.09. The number of carboxylic acids is 1. The molecular weight excluding hydrogens is 542 g/mol. The Balaban J connectivity index is 1.88. The standard InChI is InChI=1S/C30H39N5O5S/c1-18(2)26(30(39)40)35-29(38)25(16-20-17-32-23-12-8-7-11-21(20)23)34-28(37)24(15-19-9-5-4-6-10-19)33-27(36)22(31)13-14-41-3/h4-12,17-18,22,24-26,32H,13-16,31H2,1-3H3,(H,33,36)(H,34,37)(H,35,38)(H,39,40). The second-order valence-electron chi connectivity index (χ2n) is 10.3. The van der Waals surface area contributed by atoms with E-state index < -0.39 is 47.9 Å². The molecule has 10 nitrogen and oxygen atoms in total. The lowest BCUT2D eigenvalue weighted by atomic mass is 10.00. The van der Waals surface area contributed by atoms with Crippen LogP contribution in [0.15, 0.2) is 60.8 Å². The Morgan fingerprint density at radius 1 is 0.878 bits per heavy atom. The van der Waals surface area contributed by atoms with Crippen molar-refractivity contribution in [3.63, 3.8) is 0 Å². The number of carboxylic acid groups (broad SMARTS) is 1. The Morgan fingerprint density at radius 2 is 1.49 bits per heavy atom. The maximum Gasteiger partial charge on any atom is 0.326 e. The number of fused-ring (bicyclic) bond motifs is 1. The largest absolute Gasteiger partial charge is 0.480 e. The van der Waals surface area contributed by atoms with E-state index in [2.05, 4.69) is 20.9 Å². The van der Waals surface area contributed by atoms with Gasteiger partial charge in [0.25, 0.3) is 0 Å². The summed E-state index contributed by atoms with van der Waals surface area (Å²) in [6, 6.07) is 12.7. The minimum absolute atomic E-state index is 0.102. The van der Waals surface area contributed by atoms with Gasteiger partial charge in [-0.2, -0.15) is 11.8 Å². The SMILES string of the molecule is CSCCC(N)C(=O)NC(Cc1ccccc1)C(=O)NC(Cc1c[nH]c2ccccc12)C(=O)NC(C(=O)O)C(C)C. The fraction of sp³-hybridized carbons (Fsp3) is 0.400. The molecule has 41 heavy (non-hydrogen) atoms. The Kier molecular flexibility index (Phi) is 11.8. The summed E-state index contributed by atoms with van der Waals surface area (Å²) in [5.41, 5.74) is 8.53. The zero-order chi connectivity index (χ0) is 29.9. The highest BCUT2D eigenvalue weighted by atomic mass is 32.2. The Bertz CT molecular complexity index is 1330. The van der Waals surface area contributed by atoms with Crippen LogP contribution in [0.3, 0.4) is 0 Å². The Hall–Kier alpha value is -3.83. The molecule has 3 amide bonds. The molecular formula is C30H39N5O5S. The molecule has 0 saturated heterocycles. The molecule has 4 atom stereocenters. The summed E-state index contributed by atoms with van der Waals surface area (Å²) < 4.78 is 0. The molecule has 0 aliphatic carbocycles. The van der Waals surface area contributed by atoms with E-state index in [9.17, 15) is 24.3 Å². The molecule has 3 aromatic rings. The molecule has 11 heteroatoms. The lowest BCUT2D eigenvalue weighted by Crippen LogP contribution is -2.58. The number of thioether (sulfide) groups is 1. The highest BCUT2D eigenvalue weighted by Gasteiger charge is 2.32. The molecule has 1 heterocycles. The van der Waals surface area contributed by atoms with Crippen LogP contribution in [0.4, 0.5) is 0 Å². The summed E-state index contributed by atoms with van der Waals surface area (Å²) in [6.07, 6.45) is 4.42. The molecule has 1 aromatic heterocycles. The van der Waals surface area contributed by atoms with Gasteiger partial charge in [-0.25, -0.2) is 4.79 Å². The van der Waals surface area contributed by atoms with Gasteiger partial charge in [-0.15, -0.1) is 0 Å². The van der Waals surface area contributed by atoms with Crippen LogP contribution < -0.4 is 21.7 Å². The van der Waals surface area contributed by atoms with Gasteiger partial charge in [0, 0.05) is 29.9 Å². The van der Waals surface area contributed by atoms with Gasteiger partial charge in [0.05, 0.1) is 6.04 Å². The van der Waals surface area contributed by atoms with E-state index in [0.29, 0.717) is 12.2 Å². The Morgan fingerprint density at radius 3 is 2.15 bits per heavy atom. The first-order valence-electron chi connectivity index (χ1n) is 13.6. The number of carbonyl (C=O) groups is 4. The summed E-state index contributed by atoms with van der Waals surface area (Å²) in [7, 11) is 0. The van der Waals surface area contributed by atoms with Gasteiger partial charge in [0.15, 0.2) is 0 Å². The average molecular weight is 582 g/mol. The zero-order valence-corrected chi connectivity index (χ0v) is 24.4. The summed E-state index contributed by atoms with van der Waals surface area (Å²) in [5.74, 6) is -2.52. The number of nitrogens with two attached hydrogens (primary N) is 1. The van der Waals surface area contributed by atoms with Crippen LogP contribution in [0.5, 0.6) is 0 Å². The monoisotopic (exact) mass is 581 g/mol. The number of rotatable bonds is 15. The molecule has 2 aromatic carbocycles. The topological polar surface area (TPSA) is 166 Å². The number of aliphatic carboxylic acids is 1. The predicted octanol–water partition coefficient (Wildman–Crippen LogP) is 2.23. The zero-order valence-electron chi connectivity index (χ0n) is 23.6. The first kappa shape index (κ1) is 31.7. The maximum atomic E-state index is 13.7. The van der Waals surface area contributed by atoms with Crippen molar-refractivity contribution in [1.82, 2.24) is 20.9 Å². The highest BCUT2D eigenvalue weighted by Crippen LogP contribution is 2.19. The van der Waals surface area contributed by atoms with Gasteiger partial charge < -0.3 is 31.8 Å². The summed E-state index contributed by atoms with van der Waals surface area (Å²) in [6.45, 7) is 3.38. The fourth-order valence-electron chi connectivity index (χ4n) is 4.48. The third-order valence-electron chi connectivity index (χ3n) is 6.85. The summed E-state index contributed by atoms with van der Waals surface area (Å²) in [4.78, 5) is 55.1. The molecule has 4 unspecified atom stereocenters. The molecule has 0 bridgehead atoms. The smallest absolute Gasteiger partial charge is 0.326 e. The van der Waals surface area contributed by atoms with Crippen LogP contribution in [0.1, 0.15) is 31.4 Å².